The van der Waals surface area contributed by atoms with E-state index in [4.69, 9.17) is 0 Å². The van der Waals surface area contributed by atoms with Crippen molar-refractivity contribution in [2.75, 3.05) is 16.0 Å². The van der Waals surface area contributed by atoms with Crippen LogP contribution in [0.2, 0.25) is 0 Å². The van der Waals surface area contributed by atoms with Crippen molar-refractivity contribution in [1.82, 2.24) is 0 Å². The second-order valence-electron chi connectivity index (χ2n) is 7.52. The van der Waals surface area contributed by atoms with Crippen molar-refractivity contribution in [3.05, 3.63) is 127 Å². The van der Waals surface area contributed by atoms with Crippen molar-refractivity contribution in [3.8, 4) is 0 Å². The fourth-order valence-electron chi connectivity index (χ4n) is 2.55. The molecule has 3 aromatic carbocycles. The molecule has 0 aliphatic heterocycles. The SMILES string of the molecule is O=C([O-])/C=C\C(=O)Nc1ccccc1.O=C([O-])/C=C\C(=O)Nc1ccccc1.O=C([O-])/C=C\C(=O)Nc1ccccc1.[La+3]. The molecule has 3 amide bonds. The van der Waals surface area contributed by atoms with E-state index in [1.54, 1.807) is 72.8 Å². The summed E-state index contributed by atoms with van der Waals surface area (Å²) in [6.07, 6.45) is 4.75. The molecule has 13 heteroatoms. The molecule has 0 radical (unpaired) electrons. The van der Waals surface area contributed by atoms with Gasteiger partial charge in [0.25, 0.3) is 0 Å². The molecule has 0 saturated heterocycles. The van der Waals surface area contributed by atoms with Crippen molar-refractivity contribution < 1.29 is 79.7 Å². The molecule has 0 unspecified atom stereocenters. The molecule has 0 spiro atoms. The van der Waals surface area contributed by atoms with Gasteiger partial charge >= 0.3 is 35.6 Å². The topological polar surface area (TPSA) is 208 Å². The largest absolute Gasteiger partial charge is 3.00 e. The number of carboxylic acids is 3. The van der Waals surface area contributed by atoms with Gasteiger partial charge in [-0.15, -0.1) is 0 Å². The first-order chi connectivity index (χ1) is 20.0. The van der Waals surface area contributed by atoms with Crippen LogP contribution in [0.1, 0.15) is 0 Å². The van der Waals surface area contributed by atoms with Crippen LogP contribution in [0.3, 0.4) is 0 Å². The number of hydrogen-bond donors (Lipinski definition) is 3. The number of hydrogen-bond acceptors (Lipinski definition) is 9. The summed E-state index contributed by atoms with van der Waals surface area (Å²) in [4.78, 5) is 63.0. The Kier molecular flexibility index (Phi) is 19.9. The Morgan fingerprint density at radius 2 is 0.605 bits per heavy atom. The van der Waals surface area contributed by atoms with Gasteiger partial charge in [0.2, 0.25) is 17.7 Å². The van der Waals surface area contributed by atoms with Crippen LogP contribution in [-0.2, 0) is 28.8 Å². The predicted molar refractivity (Wildman–Crippen MR) is 148 cm³/mol. The van der Waals surface area contributed by atoms with Crippen molar-refractivity contribution in [2.24, 2.45) is 0 Å². The Labute approximate surface area is 274 Å². The zero-order valence-corrected chi connectivity index (χ0v) is 26.0. The van der Waals surface area contributed by atoms with E-state index in [9.17, 15) is 44.1 Å². The molecule has 0 heterocycles. The van der Waals surface area contributed by atoms with Crippen molar-refractivity contribution in [1.29, 1.82) is 0 Å². The van der Waals surface area contributed by atoms with E-state index in [0.29, 0.717) is 35.3 Å². The molecule has 0 aliphatic rings. The van der Waals surface area contributed by atoms with E-state index in [2.05, 4.69) is 16.0 Å². The Morgan fingerprint density at radius 3 is 0.791 bits per heavy atom. The molecular weight excluding hydrogens is 685 g/mol. The smallest absolute Gasteiger partial charge is 0.545 e. The third-order valence-corrected chi connectivity index (χ3v) is 4.24. The number of nitrogens with one attached hydrogen (secondary N) is 3. The number of carbonyl (C=O) groups excluding carboxylic acids is 6. The maximum absolute atomic E-state index is 11.0. The Hall–Kier alpha value is -5.11. The van der Waals surface area contributed by atoms with Gasteiger partial charge in [0.1, 0.15) is 0 Å². The van der Waals surface area contributed by atoms with Gasteiger partial charge in [-0.1, -0.05) is 54.6 Å². The Bertz CT molecular complexity index is 1250. The van der Waals surface area contributed by atoms with Gasteiger partial charge in [-0.3, -0.25) is 14.4 Å². The standard InChI is InChI=1S/3C10H9NO3.La/c3*12-9(6-7-10(13)14)11-8-4-2-1-3-5-8;/h3*1-7H,(H,11,12)(H,13,14);/q;;;+3/p-3/b3*7-6-;. The summed E-state index contributed by atoms with van der Waals surface area (Å²) >= 11 is 0. The van der Waals surface area contributed by atoms with Gasteiger partial charge in [-0.05, 0) is 54.6 Å². The van der Waals surface area contributed by atoms with Crippen LogP contribution in [0, 0.1) is 35.6 Å². The predicted octanol–water partition coefficient (Wildman–Crippen LogP) is -0.206. The molecular formula is C30H24LaN3O9. The average Bonchev–Trinajstić information content (AvgIpc) is 2.96. The summed E-state index contributed by atoms with van der Waals surface area (Å²) < 4.78 is 0. The quantitative estimate of drug-likeness (QED) is 0.251. The average molecular weight is 709 g/mol. The first-order valence-electron chi connectivity index (χ1n) is 11.8. The first kappa shape index (κ1) is 37.9. The van der Waals surface area contributed by atoms with E-state index in [0.717, 1.165) is 18.2 Å². The van der Waals surface area contributed by atoms with Gasteiger partial charge in [0.15, 0.2) is 0 Å². The molecule has 0 saturated carbocycles. The minimum atomic E-state index is -1.40. The van der Waals surface area contributed by atoms with Crippen LogP contribution in [0.5, 0.6) is 0 Å². The Morgan fingerprint density at radius 1 is 0.395 bits per heavy atom. The van der Waals surface area contributed by atoms with Gasteiger partial charge in [-0.2, -0.15) is 0 Å². The monoisotopic (exact) mass is 709 g/mol. The van der Waals surface area contributed by atoms with Crippen molar-refractivity contribution in [2.45, 2.75) is 0 Å². The first-order valence-corrected chi connectivity index (χ1v) is 11.8. The van der Waals surface area contributed by atoms with Gasteiger partial charge in [-0.25, -0.2) is 0 Å². The number of benzene rings is 3. The van der Waals surface area contributed by atoms with E-state index in [1.165, 1.54) is 0 Å². The zero-order chi connectivity index (χ0) is 31.2. The second-order valence-corrected chi connectivity index (χ2v) is 7.52. The summed E-state index contributed by atoms with van der Waals surface area (Å²) in [5.74, 6) is -5.68. The van der Waals surface area contributed by atoms with E-state index in [1.807, 2.05) is 18.2 Å². The summed E-state index contributed by atoms with van der Waals surface area (Å²) in [6.45, 7) is 0. The summed E-state index contributed by atoms with van der Waals surface area (Å²) in [5, 5.41) is 37.4. The number of amides is 3. The molecule has 3 N–H and O–H groups in total. The van der Waals surface area contributed by atoms with E-state index < -0.39 is 35.6 Å². The molecule has 43 heavy (non-hydrogen) atoms. The zero-order valence-electron chi connectivity index (χ0n) is 22.4. The molecule has 0 fully saturated rings. The van der Waals surface area contributed by atoms with E-state index >= 15 is 0 Å². The van der Waals surface area contributed by atoms with Crippen LogP contribution in [0.15, 0.2) is 127 Å². The molecule has 3 aromatic rings. The van der Waals surface area contributed by atoms with Gasteiger partial charge in [0, 0.05) is 35.3 Å². The minimum Gasteiger partial charge on any atom is -0.545 e. The Balaban J connectivity index is 0.000000608. The second kappa shape index (κ2) is 22.6. The van der Waals surface area contributed by atoms with Crippen LogP contribution in [-0.4, -0.2) is 35.6 Å². The fraction of sp³-hybridized carbons (Fsp3) is 0. The molecule has 3 rings (SSSR count). The third kappa shape index (κ3) is 21.3. The molecule has 0 atom stereocenters. The summed E-state index contributed by atoms with van der Waals surface area (Å²) in [6, 6.07) is 26.2. The fourth-order valence-corrected chi connectivity index (χ4v) is 2.55. The van der Waals surface area contributed by atoms with Gasteiger partial charge in [0.05, 0.1) is 17.9 Å². The molecule has 0 aliphatic carbocycles. The summed E-state index contributed by atoms with van der Waals surface area (Å²) in [5.41, 5.74) is 1.83. The van der Waals surface area contributed by atoms with Crippen LogP contribution >= 0.6 is 0 Å². The third-order valence-electron chi connectivity index (χ3n) is 4.24. The van der Waals surface area contributed by atoms with Crippen molar-refractivity contribution >= 4 is 52.7 Å². The molecule has 216 valence electrons. The summed E-state index contributed by atoms with van der Waals surface area (Å²) in [7, 11) is 0. The number of anilines is 3. The molecule has 12 nitrogen and oxygen atoms in total. The maximum atomic E-state index is 11.0. The number of rotatable bonds is 9. The van der Waals surface area contributed by atoms with Crippen LogP contribution in [0.4, 0.5) is 17.1 Å². The maximum Gasteiger partial charge on any atom is 3.00 e. The van der Waals surface area contributed by atoms with Crippen LogP contribution in [0.25, 0.3) is 0 Å². The van der Waals surface area contributed by atoms with E-state index in [-0.39, 0.29) is 35.6 Å². The number of carboxylic acid groups (broad SMARTS) is 3. The van der Waals surface area contributed by atoms with Gasteiger partial charge < -0.3 is 45.7 Å². The van der Waals surface area contributed by atoms with Crippen LogP contribution < -0.4 is 31.3 Å². The minimum absolute atomic E-state index is 0. The molecule has 0 bridgehead atoms. The number of para-hydroxylation sites is 3. The normalized spacial score (nSPS) is 9.77. The van der Waals surface area contributed by atoms with Crippen molar-refractivity contribution in [3.63, 3.8) is 0 Å². The number of aliphatic carboxylic acids is 3. The number of carbonyl (C=O) groups is 6. The molecule has 0 aromatic heterocycles.